The van der Waals surface area contributed by atoms with E-state index in [0.717, 1.165) is 23.4 Å². The van der Waals surface area contributed by atoms with Gasteiger partial charge in [0, 0.05) is 24.7 Å². The van der Waals surface area contributed by atoms with Crippen molar-refractivity contribution >= 4 is 17.6 Å². The van der Waals surface area contributed by atoms with Crippen LogP contribution in [0.4, 0.5) is 4.79 Å². The largest absolute Gasteiger partial charge is 0.335 e. The number of amides is 2. The number of nitrogens with zero attached hydrogens (tertiary/aromatic N) is 1. The van der Waals surface area contributed by atoms with E-state index in [4.69, 9.17) is 11.6 Å². The lowest BCUT2D eigenvalue weighted by Crippen LogP contribution is -2.41. The van der Waals surface area contributed by atoms with Gasteiger partial charge in [0.05, 0.1) is 0 Å². The van der Waals surface area contributed by atoms with Crippen molar-refractivity contribution in [2.45, 2.75) is 38.3 Å². The van der Waals surface area contributed by atoms with Crippen LogP contribution < -0.4 is 5.32 Å². The lowest BCUT2D eigenvalue weighted by molar-refractivity contribution is 0.203. The monoisotopic (exact) mass is 266 g/mol. The second-order valence-corrected chi connectivity index (χ2v) is 5.35. The van der Waals surface area contributed by atoms with Gasteiger partial charge in [-0.3, -0.25) is 0 Å². The van der Waals surface area contributed by atoms with E-state index < -0.39 is 0 Å². The zero-order valence-electron chi connectivity index (χ0n) is 10.7. The highest BCUT2D eigenvalue weighted by Gasteiger charge is 2.18. The minimum Gasteiger partial charge on any atom is -0.335 e. The molecule has 0 aliphatic heterocycles. The molecule has 0 spiro atoms. The molecule has 18 heavy (non-hydrogen) atoms. The molecule has 0 radical (unpaired) electrons. The van der Waals surface area contributed by atoms with Crippen LogP contribution in [0.5, 0.6) is 0 Å². The van der Waals surface area contributed by atoms with Gasteiger partial charge in [-0.1, -0.05) is 36.6 Å². The molecule has 1 saturated carbocycles. The van der Waals surface area contributed by atoms with Gasteiger partial charge < -0.3 is 10.2 Å². The van der Waals surface area contributed by atoms with Crippen LogP contribution >= 0.6 is 11.6 Å². The van der Waals surface area contributed by atoms with Crippen molar-refractivity contribution in [2.75, 3.05) is 7.05 Å². The zero-order chi connectivity index (χ0) is 13.0. The molecule has 0 unspecified atom stereocenters. The van der Waals surface area contributed by atoms with Crippen molar-refractivity contribution in [3.05, 3.63) is 34.9 Å². The number of hydrogen-bond acceptors (Lipinski definition) is 1. The first-order valence-electron chi connectivity index (χ1n) is 6.41. The Morgan fingerprint density at radius 3 is 2.56 bits per heavy atom. The third kappa shape index (κ3) is 3.64. The van der Waals surface area contributed by atoms with Crippen LogP contribution in [0.25, 0.3) is 0 Å². The van der Waals surface area contributed by atoms with E-state index in [0.29, 0.717) is 12.6 Å². The molecule has 1 aliphatic carbocycles. The standard InChI is InChI=1S/C14H19ClN2O/c1-17(10-11-6-8-12(15)9-7-11)14(18)16-13-4-2-3-5-13/h6-9,13H,2-5,10H2,1H3,(H,16,18). The van der Waals surface area contributed by atoms with Crippen LogP contribution in [0.3, 0.4) is 0 Å². The molecule has 0 saturated heterocycles. The highest BCUT2D eigenvalue weighted by molar-refractivity contribution is 6.30. The SMILES string of the molecule is CN(Cc1ccc(Cl)cc1)C(=O)NC1CCCC1. The van der Waals surface area contributed by atoms with E-state index in [9.17, 15) is 4.79 Å². The molecule has 0 bridgehead atoms. The maximum Gasteiger partial charge on any atom is 0.317 e. The lowest BCUT2D eigenvalue weighted by Gasteiger charge is -2.21. The first kappa shape index (κ1) is 13.2. The van der Waals surface area contributed by atoms with Crippen LogP contribution in [-0.2, 0) is 6.54 Å². The topological polar surface area (TPSA) is 32.3 Å². The molecule has 1 aromatic rings. The molecule has 0 atom stereocenters. The molecule has 3 nitrogen and oxygen atoms in total. The van der Waals surface area contributed by atoms with Crippen molar-refractivity contribution in [3.8, 4) is 0 Å². The Hall–Kier alpha value is -1.22. The van der Waals surface area contributed by atoms with Crippen LogP contribution in [0.1, 0.15) is 31.2 Å². The number of hydrogen-bond donors (Lipinski definition) is 1. The number of nitrogens with one attached hydrogen (secondary N) is 1. The van der Waals surface area contributed by atoms with Crippen molar-refractivity contribution < 1.29 is 4.79 Å². The first-order chi connectivity index (χ1) is 8.65. The molecular weight excluding hydrogens is 248 g/mol. The molecule has 1 fully saturated rings. The summed E-state index contributed by atoms with van der Waals surface area (Å²) >= 11 is 5.83. The highest BCUT2D eigenvalue weighted by Crippen LogP contribution is 2.18. The molecule has 1 N–H and O–H groups in total. The zero-order valence-corrected chi connectivity index (χ0v) is 11.4. The Morgan fingerprint density at radius 2 is 1.94 bits per heavy atom. The predicted molar refractivity (Wildman–Crippen MR) is 73.7 cm³/mol. The summed E-state index contributed by atoms with van der Waals surface area (Å²) in [6, 6.07) is 7.96. The van der Waals surface area contributed by atoms with E-state index in [2.05, 4.69) is 5.32 Å². The number of carbonyl (C=O) groups is 1. The summed E-state index contributed by atoms with van der Waals surface area (Å²) in [4.78, 5) is 13.7. The number of benzene rings is 1. The van der Waals surface area contributed by atoms with Gasteiger partial charge in [0.2, 0.25) is 0 Å². The van der Waals surface area contributed by atoms with Crippen molar-refractivity contribution in [1.29, 1.82) is 0 Å². The van der Waals surface area contributed by atoms with E-state index >= 15 is 0 Å². The van der Waals surface area contributed by atoms with Crippen molar-refractivity contribution in [3.63, 3.8) is 0 Å². The molecule has 1 aliphatic rings. The van der Waals surface area contributed by atoms with Gasteiger partial charge >= 0.3 is 6.03 Å². The summed E-state index contributed by atoms with van der Waals surface area (Å²) in [5.41, 5.74) is 1.09. The van der Waals surface area contributed by atoms with Crippen LogP contribution in [-0.4, -0.2) is 24.0 Å². The van der Waals surface area contributed by atoms with Gasteiger partial charge in [-0.25, -0.2) is 4.79 Å². The predicted octanol–water partition coefficient (Wildman–Crippen LogP) is 3.42. The van der Waals surface area contributed by atoms with Gasteiger partial charge in [-0.2, -0.15) is 0 Å². The van der Waals surface area contributed by atoms with Crippen LogP contribution in [0.2, 0.25) is 5.02 Å². The second-order valence-electron chi connectivity index (χ2n) is 4.91. The molecule has 2 rings (SSSR count). The second kappa shape index (κ2) is 6.10. The van der Waals surface area contributed by atoms with E-state index in [1.807, 2.05) is 31.3 Å². The minimum absolute atomic E-state index is 0.0110. The summed E-state index contributed by atoms with van der Waals surface area (Å²) in [6.45, 7) is 0.607. The summed E-state index contributed by atoms with van der Waals surface area (Å²) < 4.78 is 0. The third-order valence-corrected chi connectivity index (χ3v) is 3.61. The van der Waals surface area contributed by atoms with E-state index in [1.54, 1.807) is 4.90 Å². The molecule has 2 amide bonds. The fraction of sp³-hybridized carbons (Fsp3) is 0.500. The van der Waals surface area contributed by atoms with E-state index in [1.165, 1.54) is 12.8 Å². The Bertz CT molecular complexity index is 399. The number of halogens is 1. The Morgan fingerprint density at radius 1 is 1.33 bits per heavy atom. The number of carbonyl (C=O) groups excluding carboxylic acids is 1. The summed E-state index contributed by atoms with van der Waals surface area (Å²) in [5, 5.41) is 3.79. The molecule has 4 heteroatoms. The lowest BCUT2D eigenvalue weighted by atomic mass is 10.2. The quantitative estimate of drug-likeness (QED) is 0.893. The minimum atomic E-state index is 0.0110. The number of urea groups is 1. The third-order valence-electron chi connectivity index (χ3n) is 3.36. The Kier molecular flexibility index (Phi) is 4.48. The van der Waals surface area contributed by atoms with Crippen molar-refractivity contribution in [1.82, 2.24) is 10.2 Å². The van der Waals surface area contributed by atoms with Gasteiger partial charge in [0.1, 0.15) is 0 Å². The van der Waals surface area contributed by atoms with Crippen molar-refractivity contribution in [2.24, 2.45) is 0 Å². The average Bonchev–Trinajstić information content (AvgIpc) is 2.85. The number of rotatable bonds is 3. The van der Waals surface area contributed by atoms with Crippen LogP contribution in [0, 0.1) is 0 Å². The van der Waals surface area contributed by atoms with Crippen LogP contribution in [0.15, 0.2) is 24.3 Å². The fourth-order valence-electron chi connectivity index (χ4n) is 2.29. The normalized spacial score (nSPS) is 15.7. The summed E-state index contributed by atoms with van der Waals surface area (Å²) in [5.74, 6) is 0. The average molecular weight is 267 g/mol. The summed E-state index contributed by atoms with van der Waals surface area (Å²) in [7, 11) is 1.82. The maximum atomic E-state index is 12.0. The molecule has 1 aromatic carbocycles. The Balaban J connectivity index is 1.84. The molecule has 98 valence electrons. The van der Waals surface area contributed by atoms with Gasteiger partial charge in [-0.05, 0) is 30.5 Å². The molecular formula is C14H19ClN2O. The molecule has 0 heterocycles. The summed E-state index contributed by atoms with van der Waals surface area (Å²) in [6.07, 6.45) is 4.68. The maximum absolute atomic E-state index is 12.0. The highest BCUT2D eigenvalue weighted by atomic mass is 35.5. The van der Waals surface area contributed by atoms with Gasteiger partial charge in [-0.15, -0.1) is 0 Å². The van der Waals surface area contributed by atoms with Gasteiger partial charge in [0.15, 0.2) is 0 Å². The van der Waals surface area contributed by atoms with E-state index in [-0.39, 0.29) is 6.03 Å². The molecule has 0 aromatic heterocycles. The Labute approximate surface area is 113 Å². The smallest absolute Gasteiger partial charge is 0.317 e. The van der Waals surface area contributed by atoms with Gasteiger partial charge in [0.25, 0.3) is 0 Å². The first-order valence-corrected chi connectivity index (χ1v) is 6.79. The fourth-order valence-corrected chi connectivity index (χ4v) is 2.42.